The van der Waals surface area contributed by atoms with E-state index in [0.717, 1.165) is 0 Å². The molecule has 162 valence electrons. The second-order valence-electron chi connectivity index (χ2n) is 7.55. The van der Waals surface area contributed by atoms with Crippen LogP contribution in [0, 0.1) is 11.3 Å². The van der Waals surface area contributed by atoms with Gasteiger partial charge in [0.05, 0.1) is 17.2 Å². The van der Waals surface area contributed by atoms with Gasteiger partial charge in [-0.05, 0) is 42.5 Å². The molecular formula is C25H15NO7. The molecule has 0 radical (unpaired) electrons. The maximum atomic E-state index is 12.9. The molecule has 2 aliphatic heterocycles. The summed E-state index contributed by atoms with van der Waals surface area (Å²) in [4.78, 5) is 35.8. The van der Waals surface area contributed by atoms with Gasteiger partial charge in [-0.1, -0.05) is 0 Å². The number of benzene rings is 3. The van der Waals surface area contributed by atoms with Crippen molar-refractivity contribution in [2.45, 2.75) is 19.4 Å². The minimum Gasteiger partial charge on any atom is -0.456 e. The van der Waals surface area contributed by atoms with Crippen molar-refractivity contribution < 1.29 is 33.3 Å². The smallest absolute Gasteiger partial charge is 0.340 e. The topological polar surface area (TPSA) is 112 Å². The number of nitriles is 1. The van der Waals surface area contributed by atoms with E-state index in [1.807, 2.05) is 0 Å². The summed E-state index contributed by atoms with van der Waals surface area (Å²) < 4.78 is 22.5. The van der Waals surface area contributed by atoms with Crippen LogP contribution in [0.5, 0.6) is 23.0 Å². The molecule has 0 unspecified atom stereocenters. The molecule has 0 amide bonds. The highest BCUT2D eigenvalue weighted by Crippen LogP contribution is 2.57. The Morgan fingerprint density at radius 2 is 1.42 bits per heavy atom. The van der Waals surface area contributed by atoms with Gasteiger partial charge in [-0.2, -0.15) is 5.26 Å². The summed E-state index contributed by atoms with van der Waals surface area (Å²) in [6, 6.07) is 16.3. The molecule has 3 aromatic carbocycles. The molecule has 0 saturated carbocycles. The number of ether oxygens (including phenoxy) is 4. The van der Waals surface area contributed by atoms with Gasteiger partial charge in [0.15, 0.2) is 5.60 Å². The third-order valence-corrected chi connectivity index (χ3v) is 5.40. The average molecular weight is 441 g/mol. The fraction of sp³-hybridized carbons (Fsp3) is 0.120. The first-order valence-corrected chi connectivity index (χ1v) is 9.93. The summed E-state index contributed by atoms with van der Waals surface area (Å²) >= 11 is 0. The van der Waals surface area contributed by atoms with Crippen molar-refractivity contribution in [3.05, 3.63) is 82.4 Å². The van der Waals surface area contributed by atoms with Crippen LogP contribution in [0.15, 0.2) is 54.6 Å². The number of carbonyl (C=O) groups is 3. The lowest BCUT2D eigenvalue weighted by atomic mass is 9.77. The quantitative estimate of drug-likeness (QED) is 0.434. The Morgan fingerprint density at radius 1 is 0.848 bits per heavy atom. The highest BCUT2D eigenvalue weighted by molar-refractivity contribution is 5.97. The molecule has 3 aromatic rings. The molecule has 0 fully saturated rings. The number of nitrogens with zero attached hydrogens (tertiary/aromatic N) is 1. The van der Waals surface area contributed by atoms with E-state index < -0.39 is 23.5 Å². The fourth-order valence-electron chi connectivity index (χ4n) is 4.21. The lowest BCUT2D eigenvalue weighted by Crippen LogP contribution is -2.33. The molecule has 0 aliphatic carbocycles. The Morgan fingerprint density at radius 3 is 1.94 bits per heavy atom. The van der Waals surface area contributed by atoms with Crippen LogP contribution < -0.4 is 14.2 Å². The zero-order valence-electron chi connectivity index (χ0n) is 17.5. The largest absolute Gasteiger partial charge is 0.456 e. The molecule has 0 N–H and O–H groups in total. The third kappa shape index (κ3) is 3.10. The third-order valence-electron chi connectivity index (χ3n) is 5.40. The lowest BCUT2D eigenvalue weighted by molar-refractivity contribution is -0.132. The van der Waals surface area contributed by atoms with E-state index in [1.54, 1.807) is 42.5 Å². The molecule has 1 spiro atoms. The molecule has 5 rings (SSSR count). The zero-order valence-corrected chi connectivity index (χ0v) is 17.5. The Hall–Kier alpha value is -4.64. The van der Waals surface area contributed by atoms with E-state index in [9.17, 15) is 19.6 Å². The van der Waals surface area contributed by atoms with Crippen molar-refractivity contribution in [2.75, 3.05) is 0 Å². The standard InChI is InChI=1S/C25H15NO7/c1-13(27)30-16-4-7-19-22(10-16)32-23-11-17(31-14(2)28)5-8-20(23)25(19)21-9-15(12-26)3-6-18(21)24(29)33-25/h3-11H,1-2H3. The predicted octanol–water partition coefficient (Wildman–Crippen LogP) is 3.98. The van der Waals surface area contributed by atoms with Crippen LogP contribution in [0.3, 0.4) is 0 Å². The summed E-state index contributed by atoms with van der Waals surface area (Å²) in [5.41, 5.74) is 0.737. The van der Waals surface area contributed by atoms with Gasteiger partial charge in [-0.15, -0.1) is 0 Å². The first-order valence-electron chi connectivity index (χ1n) is 9.93. The maximum Gasteiger partial charge on any atom is 0.340 e. The number of esters is 3. The van der Waals surface area contributed by atoms with E-state index in [1.165, 1.54) is 26.0 Å². The lowest BCUT2D eigenvalue weighted by Gasteiger charge is -2.36. The number of fused-ring (bicyclic) bond motifs is 6. The molecule has 2 heterocycles. The highest BCUT2D eigenvalue weighted by atomic mass is 16.6. The molecule has 0 atom stereocenters. The molecule has 8 heteroatoms. The number of hydrogen-bond donors (Lipinski definition) is 0. The van der Waals surface area contributed by atoms with Crippen molar-refractivity contribution in [3.8, 4) is 29.1 Å². The van der Waals surface area contributed by atoms with Crippen LogP contribution in [0.4, 0.5) is 0 Å². The highest BCUT2D eigenvalue weighted by Gasteiger charge is 2.53. The molecular weight excluding hydrogens is 426 g/mol. The molecule has 0 bridgehead atoms. The van der Waals surface area contributed by atoms with Crippen molar-refractivity contribution in [1.29, 1.82) is 5.26 Å². The normalized spacial score (nSPS) is 14.2. The molecule has 0 saturated heterocycles. The van der Waals surface area contributed by atoms with Crippen LogP contribution in [0.1, 0.15) is 46.5 Å². The number of carbonyl (C=O) groups excluding carboxylic acids is 3. The van der Waals surface area contributed by atoms with Crippen molar-refractivity contribution in [3.63, 3.8) is 0 Å². The maximum absolute atomic E-state index is 12.9. The van der Waals surface area contributed by atoms with E-state index >= 15 is 0 Å². The predicted molar refractivity (Wildman–Crippen MR) is 112 cm³/mol. The Bertz CT molecular complexity index is 1350. The summed E-state index contributed by atoms with van der Waals surface area (Å²) in [7, 11) is 0. The van der Waals surface area contributed by atoms with Crippen LogP contribution >= 0.6 is 0 Å². The van der Waals surface area contributed by atoms with Crippen LogP contribution in [0.2, 0.25) is 0 Å². The molecule has 2 aliphatic rings. The summed E-state index contributed by atoms with van der Waals surface area (Å²) in [5.74, 6) is -0.517. The average Bonchev–Trinajstić information content (AvgIpc) is 3.05. The Balaban J connectivity index is 1.79. The van der Waals surface area contributed by atoms with E-state index in [-0.39, 0.29) is 23.0 Å². The summed E-state index contributed by atoms with van der Waals surface area (Å²) in [6.45, 7) is 2.56. The van der Waals surface area contributed by atoms with Crippen LogP contribution in [0.25, 0.3) is 0 Å². The monoisotopic (exact) mass is 441 g/mol. The van der Waals surface area contributed by atoms with Crippen LogP contribution in [-0.2, 0) is 19.9 Å². The van der Waals surface area contributed by atoms with Gasteiger partial charge in [0.1, 0.15) is 23.0 Å². The van der Waals surface area contributed by atoms with Crippen molar-refractivity contribution >= 4 is 17.9 Å². The minimum atomic E-state index is -1.41. The SMILES string of the molecule is CC(=O)Oc1ccc2c(c1)Oc1cc(OC(C)=O)ccc1C21OC(=O)c2ccc(C#N)cc21. The minimum absolute atomic E-state index is 0.242. The summed E-state index contributed by atoms with van der Waals surface area (Å²) in [6.07, 6.45) is 0. The van der Waals surface area contributed by atoms with Gasteiger partial charge in [0, 0.05) is 42.7 Å². The van der Waals surface area contributed by atoms with Gasteiger partial charge >= 0.3 is 17.9 Å². The molecule has 33 heavy (non-hydrogen) atoms. The van der Waals surface area contributed by atoms with Gasteiger partial charge in [-0.3, -0.25) is 9.59 Å². The van der Waals surface area contributed by atoms with Gasteiger partial charge < -0.3 is 18.9 Å². The Labute approximate surface area is 187 Å². The van der Waals surface area contributed by atoms with Gasteiger partial charge in [0.2, 0.25) is 0 Å². The van der Waals surface area contributed by atoms with E-state index in [2.05, 4.69) is 6.07 Å². The summed E-state index contributed by atoms with van der Waals surface area (Å²) in [5, 5.41) is 9.46. The first kappa shape index (κ1) is 20.3. The Kier molecular flexibility index (Phi) is 4.43. The van der Waals surface area contributed by atoms with Crippen LogP contribution in [-0.4, -0.2) is 17.9 Å². The fourth-order valence-corrected chi connectivity index (χ4v) is 4.21. The second kappa shape index (κ2) is 7.21. The first-order chi connectivity index (χ1) is 15.8. The van der Waals surface area contributed by atoms with Crippen molar-refractivity contribution in [1.82, 2.24) is 0 Å². The van der Waals surface area contributed by atoms with E-state index in [4.69, 9.17) is 18.9 Å². The van der Waals surface area contributed by atoms with Crippen molar-refractivity contribution in [2.24, 2.45) is 0 Å². The zero-order chi connectivity index (χ0) is 23.3. The number of hydrogen-bond acceptors (Lipinski definition) is 8. The van der Waals surface area contributed by atoms with Gasteiger partial charge in [0.25, 0.3) is 0 Å². The molecule has 0 aromatic heterocycles. The van der Waals surface area contributed by atoms with Gasteiger partial charge in [-0.25, -0.2) is 4.79 Å². The molecule has 8 nitrogen and oxygen atoms in total. The van der Waals surface area contributed by atoms with E-state index in [0.29, 0.717) is 27.8 Å². The second-order valence-corrected chi connectivity index (χ2v) is 7.55. The number of rotatable bonds is 2.